The van der Waals surface area contributed by atoms with Crippen molar-refractivity contribution in [3.63, 3.8) is 0 Å². The van der Waals surface area contributed by atoms with E-state index in [1.54, 1.807) is 18.2 Å². The van der Waals surface area contributed by atoms with Crippen molar-refractivity contribution < 1.29 is 4.79 Å². The Bertz CT molecular complexity index is 739. The van der Waals surface area contributed by atoms with E-state index < -0.39 is 5.54 Å². The fourth-order valence-corrected chi connectivity index (χ4v) is 2.23. The molecule has 1 aromatic heterocycles. The minimum absolute atomic E-state index is 0.191. The maximum Gasteiger partial charge on any atom is 0.258 e. The molecule has 1 aromatic carbocycles. The highest BCUT2D eigenvalue weighted by molar-refractivity contribution is 6.31. The van der Waals surface area contributed by atoms with Crippen molar-refractivity contribution >= 4 is 28.4 Å². The van der Waals surface area contributed by atoms with Gasteiger partial charge in [0.2, 0.25) is 5.91 Å². The Balaban J connectivity index is 2.23. The van der Waals surface area contributed by atoms with Crippen molar-refractivity contribution in [2.45, 2.75) is 32.4 Å². The van der Waals surface area contributed by atoms with Gasteiger partial charge < -0.3 is 16.0 Å². The largest absolute Gasteiger partial charge is 0.370 e. The maximum absolute atomic E-state index is 12.0. The molecule has 0 radical (unpaired) electrons. The zero-order valence-corrected chi connectivity index (χ0v) is 12.6. The zero-order chi connectivity index (χ0) is 15.6. The first kappa shape index (κ1) is 15.5. The molecule has 21 heavy (non-hydrogen) atoms. The number of halogens is 1. The summed E-state index contributed by atoms with van der Waals surface area (Å²) in [5.74, 6) is 0.0894. The van der Waals surface area contributed by atoms with Crippen LogP contribution in [0.5, 0.6) is 0 Å². The molecule has 1 heterocycles. The normalized spacial score (nSPS) is 11.8. The topological polar surface area (TPSA) is 101 Å². The Morgan fingerprint density at radius 2 is 2.19 bits per heavy atom. The summed E-state index contributed by atoms with van der Waals surface area (Å²) in [5, 5.41) is 4.15. The van der Waals surface area contributed by atoms with Crippen LogP contribution in [0.25, 0.3) is 10.9 Å². The van der Waals surface area contributed by atoms with E-state index in [2.05, 4.69) is 15.3 Å². The third-order valence-electron chi connectivity index (χ3n) is 3.07. The first-order chi connectivity index (χ1) is 9.77. The predicted molar refractivity (Wildman–Crippen MR) is 82.1 cm³/mol. The number of primary amides is 1. The number of amides is 1. The van der Waals surface area contributed by atoms with Crippen LogP contribution in [0.2, 0.25) is 5.02 Å². The van der Waals surface area contributed by atoms with Crippen molar-refractivity contribution in [2.24, 2.45) is 5.73 Å². The van der Waals surface area contributed by atoms with E-state index in [1.807, 2.05) is 13.8 Å². The van der Waals surface area contributed by atoms with Crippen LogP contribution >= 0.6 is 11.6 Å². The molecule has 0 saturated carbocycles. The molecule has 0 aliphatic rings. The summed E-state index contributed by atoms with van der Waals surface area (Å²) in [6.45, 7) is 4.03. The number of nitrogens with two attached hydrogens (primary N) is 1. The summed E-state index contributed by atoms with van der Waals surface area (Å²) in [6, 6.07) is 4.93. The fraction of sp³-hybridized carbons (Fsp3) is 0.357. The lowest BCUT2D eigenvalue weighted by Gasteiger charge is -2.24. The van der Waals surface area contributed by atoms with Crippen molar-refractivity contribution in [2.75, 3.05) is 0 Å². The minimum atomic E-state index is -0.478. The molecule has 4 N–H and O–H groups in total. The molecular formula is C14H17ClN4O2. The molecule has 6 nitrogen and oxygen atoms in total. The van der Waals surface area contributed by atoms with Gasteiger partial charge in [-0.3, -0.25) is 9.59 Å². The van der Waals surface area contributed by atoms with Gasteiger partial charge in [0, 0.05) is 17.0 Å². The number of hydrogen-bond donors (Lipinski definition) is 3. The number of H-pyrrole nitrogens is 1. The summed E-state index contributed by atoms with van der Waals surface area (Å²) in [6.07, 6.45) is 0.191. The van der Waals surface area contributed by atoms with Crippen molar-refractivity contribution in [3.05, 3.63) is 39.4 Å². The smallest absolute Gasteiger partial charge is 0.258 e. The monoisotopic (exact) mass is 308 g/mol. The molecule has 1 amide bonds. The predicted octanol–water partition coefficient (Wildman–Crippen LogP) is 1.32. The van der Waals surface area contributed by atoms with E-state index in [1.165, 1.54) is 0 Å². The Morgan fingerprint density at radius 1 is 1.48 bits per heavy atom. The number of nitrogens with one attached hydrogen (secondary N) is 2. The van der Waals surface area contributed by atoms with Crippen LogP contribution < -0.4 is 16.6 Å². The molecule has 0 aliphatic heterocycles. The molecule has 0 aliphatic carbocycles. The number of nitrogens with zero attached hydrogens (tertiary/aromatic N) is 1. The van der Waals surface area contributed by atoms with E-state index in [0.717, 1.165) is 0 Å². The highest BCUT2D eigenvalue weighted by Crippen LogP contribution is 2.15. The van der Waals surface area contributed by atoms with Crippen LogP contribution in [0, 0.1) is 0 Å². The third kappa shape index (κ3) is 4.03. The number of benzene rings is 1. The summed E-state index contributed by atoms with van der Waals surface area (Å²) in [7, 11) is 0. The molecule has 7 heteroatoms. The summed E-state index contributed by atoms with van der Waals surface area (Å²) < 4.78 is 0. The molecule has 0 bridgehead atoms. The third-order valence-corrected chi connectivity index (χ3v) is 3.30. The average Bonchev–Trinajstić information content (AvgIpc) is 2.34. The van der Waals surface area contributed by atoms with E-state index in [4.69, 9.17) is 17.3 Å². The first-order valence-corrected chi connectivity index (χ1v) is 6.86. The zero-order valence-electron chi connectivity index (χ0n) is 11.9. The average molecular weight is 309 g/mol. The highest BCUT2D eigenvalue weighted by Gasteiger charge is 2.20. The summed E-state index contributed by atoms with van der Waals surface area (Å²) in [5.41, 5.74) is 5.03. The Kier molecular flexibility index (Phi) is 4.29. The van der Waals surface area contributed by atoms with Crippen LogP contribution in [0.15, 0.2) is 23.0 Å². The second kappa shape index (κ2) is 5.83. The number of aromatic amines is 1. The fourth-order valence-electron chi connectivity index (χ4n) is 2.07. The summed E-state index contributed by atoms with van der Waals surface area (Å²) >= 11 is 5.91. The van der Waals surface area contributed by atoms with Gasteiger partial charge in [0.05, 0.1) is 17.4 Å². The van der Waals surface area contributed by atoms with Crippen molar-refractivity contribution in [1.29, 1.82) is 0 Å². The van der Waals surface area contributed by atoms with Gasteiger partial charge in [-0.2, -0.15) is 0 Å². The number of fused-ring (bicyclic) bond motifs is 1. The van der Waals surface area contributed by atoms with Crippen molar-refractivity contribution in [1.82, 2.24) is 15.3 Å². The maximum atomic E-state index is 12.0. The Morgan fingerprint density at radius 3 is 2.86 bits per heavy atom. The van der Waals surface area contributed by atoms with Gasteiger partial charge in [0.15, 0.2) is 0 Å². The minimum Gasteiger partial charge on any atom is -0.370 e. The molecule has 0 spiro atoms. The quantitative estimate of drug-likeness (QED) is 0.775. The number of carbonyl (C=O) groups is 1. The summed E-state index contributed by atoms with van der Waals surface area (Å²) in [4.78, 5) is 30.0. The number of rotatable bonds is 5. The molecule has 2 rings (SSSR count). The number of hydrogen-bond acceptors (Lipinski definition) is 4. The van der Waals surface area contributed by atoms with Gasteiger partial charge in [-0.1, -0.05) is 11.6 Å². The lowest BCUT2D eigenvalue weighted by atomic mass is 10.0. The van der Waals surface area contributed by atoms with Gasteiger partial charge in [-0.05, 0) is 32.0 Å². The van der Waals surface area contributed by atoms with Gasteiger partial charge in [0.25, 0.3) is 5.56 Å². The van der Waals surface area contributed by atoms with Gasteiger partial charge in [-0.15, -0.1) is 0 Å². The first-order valence-electron chi connectivity index (χ1n) is 6.49. The number of aromatic nitrogens is 2. The molecule has 0 atom stereocenters. The molecule has 0 unspecified atom stereocenters. The van der Waals surface area contributed by atoms with E-state index in [0.29, 0.717) is 28.3 Å². The second-order valence-electron chi connectivity index (χ2n) is 5.55. The molecule has 0 fully saturated rings. The Labute approximate surface area is 126 Å². The van der Waals surface area contributed by atoms with Gasteiger partial charge >= 0.3 is 0 Å². The van der Waals surface area contributed by atoms with Crippen molar-refractivity contribution in [3.8, 4) is 0 Å². The SMILES string of the molecule is CC(C)(CC(N)=O)NCc1nc2cc(Cl)ccc2c(=O)[nH]1. The van der Waals surface area contributed by atoms with Crippen LogP contribution in [-0.4, -0.2) is 21.4 Å². The standard InChI is InChI=1S/C14H17ClN4O2/c1-14(2,6-11(16)20)17-7-12-18-10-5-8(15)3-4-9(10)13(21)19-12/h3-5,17H,6-7H2,1-2H3,(H2,16,20)(H,18,19,21). The molecule has 0 saturated heterocycles. The lowest BCUT2D eigenvalue weighted by Crippen LogP contribution is -2.42. The molecular weight excluding hydrogens is 292 g/mol. The Hall–Kier alpha value is -1.92. The number of carbonyl (C=O) groups excluding carboxylic acids is 1. The van der Waals surface area contributed by atoms with E-state index >= 15 is 0 Å². The molecule has 2 aromatic rings. The lowest BCUT2D eigenvalue weighted by molar-refractivity contribution is -0.119. The van der Waals surface area contributed by atoms with Gasteiger partial charge in [0.1, 0.15) is 5.82 Å². The van der Waals surface area contributed by atoms with E-state index in [9.17, 15) is 9.59 Å². The van der Waals surface area contributed by atoms with Gasteiger partial charge in [-0.25, -0.2) is 4.98 Å². The van der Waals surface area contributed by atoms with Crippen LogP contribution in [0.4, 0.5) is 0 Å². The van der Waals surface area contributed by atoms with E-state index in [-0.39, 0.29) is 17.9 Å². The van der Waals surface area contributed by atoms with Crippen LogP contribution in [0.3, 0.4) is 0 Å². The second-order valence-corrected chi connectivity index (χ2v) is 5.99. The highest BCUT2D eigenvalue weighted by atomic mass is 35.5. The van der Waals surface area contributed by atoms with Crippen LogP contribution in [0.1, 0.15) is 26.1 Å². The van der Waals surface area contributed by atoms with Crippen LogP contribution in [-0.2, 0) is 11.3 Å². The molecule has 112 valence electrons.